The van der Waals surface area contributed by atoms with Crippen molar-refractivity contribution in [3.8, 4) is 0 Å². The lowest BCUT2D eigenvalue weighted by molar-refractivity contribution is 1.30. The second-order valence-corrected chi connectivity index (χ2v) is 1.99. The maximum Gasteiger partial charge on any atom is 0.0360 e. The summed E-state index contributed by atoms with van der Waals surface area (Å²) in [4.78, 5) is 3.93. The zero-order chi connectivity index (χ0) is 7.40. The Morgan fingerprint density at radius 2 is 2.50 bits per heavy atom. The molecule has 0 unspecified atom stereocenters. The molecule has 1 aromatic heterocycles. The van der Waals surface area contributed by atoms with Crippen LogP contribution in [0.15, 0.2) is 30.6 Å². The molecule has 0 fully saturated rings. The van der Waals surface area contributed by atoms with Crippen LogP contribution in [0, 0.1) is 0 Å². The smallest absolute Gasteiger partial charge is 0.0360 e. The van der Waals surface area contributed by atoms with Gasteiger partial charge in [-0.1, -0.05) is 6.08 Å². The van der Waals surface area contributed by atoms with Crippen molar-refractivity contribution in [2.45, 2.75) is 6.92 Å². The third kappa shape index (κ3) is 1.35. The van der Waals surface area contributed by atoms with E-state index in [9.17, 15) is 0 Å². The van der Waals surface area contributed by atoms with Crippen LogP contribution < -0.4 is 5.73 Å². The molecule has 0 aliphatic rings. The van der Waals surface area contributed by atoms with Crippen LogP contribution >= 0.6 is 0 Å². The third-order valence-electron chi connectivity index (χ3n) is 1.31. The molecular weight excluding hydrogens is 124 g/mol. The number of allylic oxidation sites excluding steroid dienone is 1. The highest BCUT2D eigenvalue weighted by atomic mass is 14.6. The van der Waals surface area contributed by atoms with Gasteiger partial charge in [0.2, 0.25) is 0 Å². The number of hydrogen-bond acceptors (Lipinski definition) is 2. The Hall–Kier alpha value is -1.31. The summed E-state index contributed by atoms with van der Waals surface area (Å²) in [6.07, 6.45) is 5.33. The fourth-order valence-electron chi connectivity index (χ4n) is 0.700. The summed E-state index contributed by atoms with van der Waals surface area (Å²) in [6, 6.07) is 3.80. The highest BCUT2D eigenvalue weighted by Gasteiger charge is 1.90. The van der Waals surface area contributed by atoms with Gasteiger partial charge < -0.3 is 5.73 Å². The van der Waals surface area contributed by atoms with Crippen LogP contribution in [-0.2, 0) is 0 Å². The van der Waals surface area contributed by atoms with E-state index >= 15 is 0 Å². The van der Waals surface area contributed by atoms with E-state index in [2.05, 4.69) is 4.98 Å². The molecule has 0 aliphatic heterocycles. The minimum Gasteiger partial charge on any atom is -0.398 e. The van der Waals surface area contributed by atoms with Gasteiger partial charge in [0, 0.05) is 23.7 Å². The summed E-state index contributed by atoms with van der Waals surface area (Å²) >= 11 is 0. The average molecular weight is 134 g/mol. The van der Waals surface area contributed by atoms with Gasteiger partial charge in [0.05, 0.1) is 0 Å². The highest BCUT2D eigenvalue weighted by molar-refractivity contribution is 5.60. The van der Waals surface area contributed by atoms with Crippen molar-refractivity contribution in [3.05, 3.63) is 36.2 Å². The van der Waals surface area contributed by atoms with E-state index in [0.717, 1.165) is 11.3 Å². The molecule has 0 bridgehead atoms. The predicted octanol–water partition coefficient (Wildman–Crippen LogP) is 1.40. The van der Waals surface area contributed by atoms with Gasteiger partial charge in [-0.3, -0.25) is 4.98 Å². The van der Waals surface area contributed by atoms with E-state index < -0.39 is 0 Å². The second-order valence-electron chi connectivity index (χ2n) is 1.99. The van der Waals surface area contributed by atoms with Gasteiger partial charge >= 0.3 is 0 Å². The molecule has 0 amide bonds. The first-order chi connectivity index (χ1) is 4.84. The SMILES string of the molecule is C/C=C(\N)c1cccnc1. The minimum atomic E-state index is 0.771. The topological polar surface area (TPSA) is 38.9 Å². The molecule has 1 heterocycles. The first kappa shape index (κ1) is 6.81. The van der Waals surface area contributed by atoms with Crippen LogP contribution in [-0.4, -0.2) is 4.98 Å². The van der Waals surface area contributed by atoms with Gasteiger partial charge in [0.15, 0.2) is 0 Å². The van der Waals surface area contributed by atoms with Crippen molar-refractivity contribution in [2.75, 3.05) is 0 Å². The number of pyridine rings is 1. The number of aromatic nitrogens is 1. The standard InChI is InChI=1S/C8H10N2/c1-2-8(9)7-4-3-5-10-6-7/h2-6H,9H2,1H3/b8-2-. The van der Waals surface area contributed by atoms with E-state index in [1.807, 2.05) is 25.1 Å². The first-order valence-corrected chi connectivity index (χ1v) is 3.17. The first-order valence-electron chi connectivity index (χ1n) is 3.17. The van der Waals surface area contributed by atoms with Crippen molar-refractivity contribution < 1.29 is 0 Å². The Kier molecular flexibility index (Phi) is 2.05. The second kappa shape index (κ2) is 3.01. The maximum absolute atomic E-state index is 5.62. The molecule has 0 saturated carbocycles. The molecule has 0 radical (unpaired) electrons. The molecule has 0 saturated heterocycles. The summed E-state index contributed by atoms with van der Waals surface area (Å²) < 4.78 is 0. The molecule has 0 spiro atoms. The summed E-state index contributed by atoms with van der Waals surface area (Å²) in [5, 5.41) is 0. The lowest BCUT2D eigenvalue weighted by atomic mass is 10.2. The van der Waals surface area contributed by atoms with Crippen molar-refractivity contribution in [1.82, 2.24) is 4.98 Å². The lowest BCUT2D eigenvalue weighted by Gasteiger charge is -1.96. The largest absolute Gasteiger partial charge is 0.398 e. The Balaban J connectivity index is 2.96. The Morgan fingerprint density at radius 1 is 1.70 bits per heavy atom. The van der Waals surface area contributed by atoms with E-state index in [-0.39, 0.29) is 0 Å². The molecule has 1 rings (SSSR count). The maximum atomic E-state index is 5.62. The Labute approximate surface area is 60.4 Å². The summed E-state index contributed by atoms with van der Waals surface area (Å²) in [7, 11) is 0. The van der Waals surface area contributed by atoms with Gasteiger partial charge in [-0.15, -0.1) is 0 Å². The molecule has 10 heavy (non-hydrogen) atoms. The van der Waals surface area contributed by atoms with Crippen molar-refractivity contribution >= 4 is 5.70 Å². The fraction of sp³-hybridized carbons (Fsp3) is 0.125. The number of hydrogen-bond donors (Lipinski definition) is 1. The van der Waals surface area contributed by atoms with Gasteiger partial charge in [-0.05, 0) is 19.1 Å². The van der Waals surface area contributed by atoms with Crippen LogP contribution in [0.5, 0.6) is 0 Å². The van der Waals surface area contributed by atoms with Crippen LogP contribution in [0.2, 0.25) is 0 Å². The van der Waals surface area contributed by atoms with Crippen molar-refractivity contribution in [3.63, 3.8) is 0 Å². The van der Waals surface area contributed by atoms with Crippen LogP contribution in [0.1, 0.15) is 12.5 Å². The Bertz CT molecular complexity index is 226. The van der Waals surface area contributed by atoms with Crippen molar-refractivity contribution in [2.24, 2.45) is 5.73 Å². The van der Waals surface area contributed by atoms with E-state index in [0.29, 0.717) is 0 Å². The molecule has 0 aromatic carbocycles. The molecular formula is C8H10N2. The minimum absolute atomic E-state index is 0.771. The van der Waals surface area contributed by atoms with Gasteiger partial charge in [-0.2, -0.15) is 0 Å². The molecule has 2 N–H and O–H groups in total. The molecule has 2 heteroatoms. The molecule has 2 nitrogen and oxygen atoms in total. The average Bonchev–Trinajstić information content (AvgIpc) is 2.05. The zero-order valence-electron chi connectivity index (χ0n) is 5.91. The summed E-state index contributed by atoms with van der Waals surface area (Å²) in [5.74, 6) is 0. The Morgan fingerprint density at radius 3 is 3.00 bits per heavy atom. The van der Waals surface area contributed by atoms with Crippen LogP contribution in [0.25, 0.3) is 5.70 Å². The van der Waals surface area contributed by atoms with Gasteiger partial charge in [0.25, 0.3) is 0 Å². The fourth-order valence-corrected chi connectivity index (χ4v) is 0.700. The third-order valence-corrected chi connectivity index (χ3v) is 1.31. The molecule has 0 aliphatic carbocycles. The number of rotatable bonds is 1. The van der Waals surface area contributed by atoms with Crippen LogP contribution in [0.3, 0.4) is 0 Å². The normalized spacial score (nSPS) is 11.5. The quantitative estimate of drug-likeness (QED) is 0.630. The van der Waals surface area contributed by atoms with Gasteiger partial charge in [-0.25, -0.2) is 0 Å². The van der Waals surface area contributed by atoms with E-state index in [1.165, 1.54) is 0 Å². The molecule has 52 valence electrons. The summed E-state index contributed by atoms with van der Waals surface area (Å²) in [5.41, 5.74) is 7.36. The lowest BCUT2D eigenvalue weighted by Crippen LogP contribution is -1.94. The number of nitrogens with zero attached hydrogens (tertiary/aromatic N) is 1. The monoisotopic (exact) mass is 134 g/mol. The van der Waals surface area contributed by atoms with E-state index in [4.69, 9.17) is 5.73 Å². The highest BCUT2D eigenvalue weighted by Crippen LogP contribution is 2.04. The van der Waals surface area contributed by atoms with Gasteiger partial charge in [0.1, 0.15) is 0 Å². The predicted molar refractivity (Wildman–Crippen MR) is 42.1 cm³/mol. The van der Waals surface area contributed by atoms with Crippen LogP contribution in [0.4, 0.5) is 0 Å². The van der Waals surface area contributed by atoms with E-state index in [1.54, 1.807) is 12.4 Å². The molecule has 1 aromatic rings. The number of nitrogens with two attached hydrogens (primary N) is 1. The molecule has 0 atom stereocenters. The van der Waals surface area contributed by atoms with Crippen molar-refractivity contribution in [1.29, 1.82) is 0 Å². The zero-order valence-corrected chi connectivity index (χ0v) is 5.91. The summed E-state index contributed by atoms with van der Waals surface area (Å²) in [6.45, 7) is 1.91.